The van der Waals surface area contributed by atoms with Gasteiger partial charge in [-0.25, -0.2) is 19.9 Å². The maximum atomic E-state index is 9.62. The zero-order valence-electron chi connectivity index (χ0n) is 15.7. The van der Waals surface area contributed by atoms with Crippen LogP contribution in [0, 0.1) is 0 Å². The predicted octanol–water partition coefficient (Wildman–Crippen LogP) is 3.16. The second kappa shape index (κ2) is 7.76. The zero-order chi connectivity index (χ0) is 20.5. The highest BCUT2D eigenvalue weighted by atomic mass is 32.1. The zero-order valence-corrected chi connectivity index (χ0v) is 16.5. The van der Waals surface area contributed by atoms with E-state index in [1.54, 1.807) is 11.3 Å². The van der Waals surface area contributed by atoms with Gasteiger partial charge in [0.05, 0.1) is 10.2 Å². The van der Waals surface area contributed by atoms with E-state index in [2.05, 4.69) is 26.0 Å². The summed E-state index contributed by atoms with van der Waals surface area (Å²) < 4.78 is 1.14. The molecule has 0 aliphatic carbocycles. The predicted molar refractivity (Wildman–Crippen MR) is 119 cm³/mol. The largest absolute Gasteiger partial charge is 0.528 e. The van der Waals surface area contributed by atoms with E-state index in [0.717, 1.165) is 31.9 Å². The lowest BCUT2D eigenvalue weighted by molar-refractivity contribution is 0.422. The molecule has 0 fully saturated rings. The van der Waals surface area contributed by atoms with Gasteiger partial charge in [-0.15, -0.1) is 11.3 Å². The molecule has 0 radical (unpaired) electrons. The number of benzene rings is 3. The molecule has 0 aliphatic rings. The maximum absolute atomic E-state index is 9.62. The summed E-state index contributed by atoms with van der Waals surface area (Å²) in [5, 5.41) is 20.2. The molecule has 3 aromatic carbocycles. The van der Waals surface area contributed by atoms with Gasteiger partial charge in [0.1, 0.15) is 5.01 Å². The molecule has 5 aromatic rings. The summed E-state index contributed by atoms with van der Waals surface area (Å²) in [5.41, 5.74) is 3.41. The fourth-order valence-electron chi connectivity index (χ4n) is 3.11. The van der Waals surface area contributed by atoms with Gasteiger partial charge in [0, 0.05) is 16.7 Å². The molecule has 0 aliphatic heterocycles. The van der Waals surface area contributed by atoms with Crippen molar-refractivity contribution in [2.45, 2.75) is 0 Å². The quantitative estimate of drug-likeness (QED) is 0.443. The summed E-state index contributed by atoms with van der Waals surface area (Å²) in [4.78, 5) is 17.6. The molecular weight excluding hydrogens is 395 g/mol. The number of fused-ring (bicyclic) bond motifs is 1. The number of rotatable bonds is 4. The van der Waals surface area contributed by atoms with Gasteiger partial charge in [0.15, 0.2) is 17.4 Å². The number of para-hydroxylation sites is 1. The van der Waals surface area contributed by atoms with Gasteiger partial charge < -0.3 is 10.0 Å². The molecule has 0 unspecified atom stereocenters. The lowest BCUT2D eigenvalue weighted by Gasteiger charge is -2.08. The average Bonchev–Trinajstić information content (AvgIpc) is 3.24. The highest BCUT2D eigenvalue weighted by Gasteiger charge is 2.19. The average molecular weight is 410 g/mol. The van der Waals surface area contributed by atoms with Gasteiger partial charge in [-0.3, -0.25) is 0 Å². The number of hydrogen-bond donors (Lipinski definition) is 2. The second-order valence-electron chi connectivity index (χ2n) is 6.64. The van der Waals surface area contributed by atoms with Crippen LogP contribution in [0.15, 0.2) is 78.9 Å². The van der Waals surface area contributed by atoms with Gasteiger partial charge in [-0.2, -0.15) is 0 Å². The monoisotopic (exact) mass is 410 g/mol. The molecule has 0 saturated heterocycles. The van der Waals surface area contributed by atoms with Crippen LogP contribution in [0.4, 0.5) is 0 Å². The molecule has 0 bridgehead atoms. The third-order valence-electron chi connectivity index (χ3n) is 4.60. The lowest BCUT2D eigenvalue weighted by Crippen LogP contribution is -2.36. The Morgan fingerprint density at radius 3 is 1.87 bits per heavy atom. The van der Waals surface area contributed by atoms with E-state index in [1.165, 1.54) is 0 Å². The molecule has 6 nitrogen and oxygen atoms in total. The van der Waals surface area contributed by atoms with Gasteiger partial charge >= 0.3 is 7.12 Å². The standard InChI is InChI=1S/C22H15BN4O2S/c28-23(29)22-26-19(14-6-2-1-3-7-14)25-20(27-22)15-10-12-16(13-11-15)21-24-17-8-4-5-9-18(17)30-21/h1-13,28-29H. The number of aromatic nitrogens is 4. The Bertz CT molecular complexity index is 1290. The van der Waals surface area contributed by atoms with Crippen molar-refractivity contribution in [3.05, 3.63) is 78.9 Å². The molecule has 0 spiro atoms. The molecule has 144 valence electrons. The van der Waals surface area contributed by atoms with Gasteiger partial charge in [0.25, 0.3) is 0 Å². The Morgan fingerprint density at radius 2 is 1.20 bits per heavy atom. The molecule has 0 amide bonds. The van der Waals surface area contributed by atoms with E-state index in [4.69, 9.17) is 0 Å². The fourth-order valence-corrected chi connectivity index (χ4v) is 4.08. The minimum absolute atomic E-state index is 0.0888. The minimum Gasteiger partial charge on any atom is -0.421 e. The van der Waals surface area contributed by atoms with Crippen molar-refractivity contribution >= 4 is 34.4 Å². The first-order valence-electron chi connectivity index (χ1n) is 9.31. The van der Waals surface area contributed by atoms with E-state index >= 15 is 0 Å². The van der Waals surface area contributed by atoms with Gasteiger partial charge in [0.2, 0.25) is 0 Å². The van der Waals surface area contributed by atoms with E-state index in [-0.39, 0.29) is 5.72 Å². The Kier molecular flexibility index (Phi) is 4.80. The molecular formula is C22H15BN4O2S. The van der Waals surface area contributed by atoms with Crippen molar-refractivity contribution in [2.75, 3.05) is 0 Å². The first-order chi connectivity index (χ1) is 14.7. The van der Waals surface area contributed by atoms with Crippen molar-refractivity contribution in [1.29, 1.82) is 0 Å². The van der Waals surface area contributed by atoms with Crippen molar-refractivity contribution in [1.82, 2.24) is 19.9 Å². The van der Waals surface area contributed by atoms with E-state index in [9.17, 15) is 10.0 Å². The summed E-state index contributed by atoms with van der Waals surface area (Å²) in [6.45, 7) is 0. The molecule has 2 aromatic heterocycles. The first-order valence-corrected chi connectivity index (χ1v) is 10.1. The van der Waals surface area contributed by atoms with Crippen LogP contribution in [0.2, 0.25) is 0 Å². The van der Waals surface area contributed by atoms with Crippen molar-refractivity contribution < 1.29 is 10.0 Å². The summed E-state index contributed by atoms with van der Waals surface area (Å²) in [7, 11) is -1.78. The second-order valence-corrected chi connectivity index (χ2v) is 7.68. The highest BCUT2D eigenvalue weighted by Crippen LogP contribution is 2.31. The van der Waals surface area contributed by atoms with Crippen LogP contribution >= 0.6 is 11.3 Å². The molecule has 30 heavy (non-hydrogen) atoms. The highest BCUT2D eigenvalue weighted by molar-refractivity contribution is 7.21. The van der Waals surface area contributed by atoms with Gasteiger partial charge in [-0.1, -0.05) is 66.7 Å². The molecule has 8 heteroatoms. The van der Waals surface area contributed by atoms with E-state index in [0.29, 0.717) is 11.6 Å². The van der Waals surface area contributed by atoms with Crippen molar-refractivity contribution in [3.8, 4) is 33.3 Å². The minimum atomic E-state index is -1.78. The number of nitrogens with zero attached hydrogens (tertiary/aromatic N) is 4. The summed E-state index contributed by atoms with van der Waals surface area (Å²) in [6, 6.07) is 25.2. The van der Waals surface area contributed by atoms with Crippen LogP contribution < -0.4 is 5.72 Å². The van der Waals surface area contributed by atoms with Crippen LogP contribution in [0.5, 0.6) is 0 Å². The molecule has 0 atom stereocenters. The first kappa shape index (κ1) is 18.6. The Morgan fingerprint density at radius 1 is 0.600 bits per heavy atom. The van der Waals surface area contributed by atoms with Crippen LogP contribution in [-0.4, -0.2) is 37.1 Å². The summed E-state index contributed by atoms with van der Waals surface area (Å²) in [5.74, 6) is 0.766. The maximum Gasteiger partial charge on any atom is 0.528 e. The molecule has 2 heterocycles. The third-order valence-corrected chi connectivity index (χ3v) is 5.69. The smallest absolute Gasteiger partial charge is 0.421 e. The lowest BCUT2D eigenvalue weighted by atomic mass is 9.90. The Balaban J connectivity index is 1.54. The van der Waals surface area contributed by atoms with Crippen LogP contribution in [0.3, 0.4) is 0 Å². The number of hydrogen-bond acceptors (Lipinski definition) is 7. The van der Waals surface area contributed by atoms with Gasteiger partial charge in [-0.05, 0) is 12.1 Å². The van der Waals surface area contributed by atoms with Crippen LogP contribution in [-0.2, 0) is 0 Å². The summed E-state index contributed by atoms with van der Waals surface area (Å²) in [6.07, 6.45) is 0. The topological polar surface area (TPSA) is 92.0 Å². The fraction of sp³-hybridized carbons (Fsp3) is 0. The summed E-state index contributed by atoms with van der Waals surface area (Å²) >= 11 is 1.64. The van der Waals surface area contributed by atoms with Crippen LogP contribution in [0.1, 0.15) is 0 Å². The van der Waals surface area contributed by atoms with E-state index in [1.807, 2.05) is 72.8 Å². The normalized spacial score (nSPS) is 11.0. The SMILES string of the molecule is OB(O)c1nc(-c2ccccc2)nc(-c2ccc(-c3nc4ccccc4s3)cc2)n1. The molecule has 2 N–H and O–H groups in total. The van der Waals surface area contributed by atoms with Crippen LogP contribution in [0.25, 0.3) is 43.6 Å². The molecule has 0 saturated carbocycles. The Labute approximate surface area is 176 Å². The van der Waals surface area contributed by atoms with Crippen molar-refractivity contribution in [3.63, 3.8) is 0 Å². The van der Waals surface area contributed by atoms with Crippen molar-refractivity contribution in [2.24, 2.45) is 0 Å². The number of thiazole rings is 1. The Hall–Kier alpha value is -3.46. The molecule has 5 rings (SSSR count). The third kappa shape index (κ3) is 3.59. The van der Waals surface area contributed by atoms with E-state index < -0.39 is 7.12 Å².